The van der Waals surface area contributed by atoms with Gasteiger partial charge in [0.05, 0.1) is 16.6 Å². The Morgan fingerprint density at radius 1 is 1.42 bits per heavy atom. The molecule has 19 heavy (non-hydrogen) atoms. The Morgan fingerprint density at radius 3 is 3.00 bits per heavy atom. The molecule has 0 amide bonds. The average Bonchev–Trinajstić information content (AvgIpc) is 2.87. The molecule has 2 rings (SSSR count). The molecule has 2 atom stereocenters. The van der Waals surface area contributed by atoms with Gasteiger partial charge >= 0.3 is 0 Å². The highest BCUT2D eigenvalue weighted by molar-refractivity contribution is 7.09. The van der Waals surface area contributed by atoms with Gasteiger partial charge in [-0.25, -0.2) is 4.98 Å². The lowest BCUT2D eigenvalue weighted by molar-refractivity contribution is 0.112. The van der Waals surface area contributed by atoms with E-state index in [2.05, 4.69) is 29.1 Å². The molecule has 4 heteroatoms. The van der Waals surface area contributed by atoms with Crippen molar-refractivity contribution in [1.82, 2.24) is 9.88 Å². The molecular weight excluding hydrogens is 276 g/mol. The van der Waals surface area contributed by atoms with Crippen molar-refractivity contribution in [2.75, 3.05) is 13.1 Å². The zero-order chi connectivity index (χ0) is 13.7. The fourth-order valence-corrected chi connectivity index (χ4v) is 3.92. The molecule has 0 radical (unpaired) electrons. The summed E-state index contributed by atoms with van der Waals surface area (Å²) in [6.45, 7) is 7.32. The van der Waals surface area contributed by atoms with E-state index in [4.69, 9.17) is 11.6 Å². The topological polar surface area (TPSA) is 16.1 Å². The van der Waals surface area contributed by atoms with Gasteiger partial charge in [-0.05, 0) is 58.0 Å². The highest BCUT2D eigenvalue weighted by Gasteiger charge is 2.23. The SMILES string of the molecule is CC1CCCN(CCCCc2nc(CCl)cs2)C1C. The largest absolute Gasteiger partial charge is 0.300 e. The van der Waals surface area contributed by atoms with Crippen molar-refractivity contribution < 1.29 is 0 Å². The highest BCUT2D eigenvalue weighted by atomic mass is 35.5. The third-order valence-corrected chi connectivity index (χ3v) is 5.56. The molecular formula is C15H25ClN2S. The summed E-state index contributed by atoms with van der Waals surface area (Å²) in [5.41, 5.74) is 1.03. The Kier molecular flexibility index (Phi) is 6.11. The molecule has 0 aromatic carbocycles. The van der Waals surface area contributed by atoms with Crippen LogP contribution in [0.4, 0.5) is 0 Å². The van der Waals surface area contributed by atoms with Crippen LogP contribution in [0.25, 0.3) is 0 Å². The van der Waals surface area contributed by atoms with E-state index in [0.717, 1.165) is 24.1 Å². The van der Waals surface area contributed by atoms with Crippen LogP contribution in [-0.4, -0.2) is 29.0 Å². The molecule has 2 heterocycles. The van der Waals surface area contributed by atoms with Crippen molar-refractivity contribution in [2.45, 2.75) is 57.9 Å². The highest BCUT2D eigenvalue weighted by Crippen LogP contribution is 2.23. The minimum atomic E-state index is 0.541. The molecule has 1 aromatic heterocycles. The van der Waals surface area contributed by atoms with Crippen LogP contribution in [0.5, 0.6) is 0 Å². The summed E-state index contributed by atoms with van der Waals surface area (Å²) < 4.78 is 0. The summed E-state index contributed by atoms with van der Waals surface area (Å²) in [4.78, 5) is 7.18. The number of hydrogen-bond acceptors (Lipinski definition) is 3. The first kappa shape index (κ1) is 15.3. The van der Waals surface area contributed by atoms with Crippen LogP contribution < -0.4 is 0 Å². The summed E-state index contributed by atoms with van der Waals surface area (Å²) in [5, 5.41) is 3.33. The molecule has 1 aromatic rings. The number of aromatic nitrogens is 1. The first-order valence-electron chi connectivity index (χ1n) is 7.44. The van der Waals surface area contributed by atoms with E-state index in [-0.39, 0.29) is 0 Å². The monoisotopic (exact) mass is 300 g/mol. The van der Waals surface area contributed by atoms with Gasteiger partial charge in [0.1, 0.15) is 0 Å². The zero-order valence-corrected chi connectivity index (χ0v) is 13.6. The van der Waals surface area contributed by atoms with Gasteiger partial charge in [0.15, 0.2) is 0 Å². The lowest BCUT2D eigenvalue weighted by atomic mass is 9.92. The second kappa shape index (κ2) is 7.61. The van der Waals surface area contributed by atoms with Gasteiger partial charge < -0.3 is 4.90 Å². The maximum Gasteiger partial charge on any atom is 0.0928 e. The van der Waals surface area contributed by atoms with E-state index in [1.165, 1.54) is 43.8 Å². The average molecular weight is 301 g/mol. The third-order valence-electron chi connectivity index (χ3n) is 4.33. The molecule has 2 unspecified atom stereocenters. The number of halogens is 1. The summed E-state index contributed by atoms with van der Waals surface area (Å²) in [6.07, 6.45) is 6.41. The lowest BCUT2D eigenvalue weighted by Crippen LogP contribution is -2.42. The normalized spacial score (nSPS) is 24.8. The number of thiazole rings is 1. The zero-order valence-electron chi connectivity index (χ0n) is 12.1. The maximum atomic E-state index is 5.77. The van der Waals surface area contributed by atoms with Crippen LogP contribution in [0.2, 0.25) is 0 Å². The smallest absolute Gasteiger partial charge is 0.0928 e. The van der Waals surface area contributed by atoms with Crippen LogP contribution in [0.3, 0.4) is 0 Å². The predicted molar refractivity (Wildman–Crippen MR) is 84.0 cm³/mol. The molecule has 0 saturated carbocycles. The molecule has 0 spiro atoms. The van der Waals surface area contributed by atoms with Gasteiger partial charge in [0.25, 0.3) is 0 Å². The van der Waals surface area contributed by atoms with Gasteiger partial charge in [-0.3, -0.25) is 0 Å². The maximum absolute atomic E-state index is 5.77. The Bertz CT molecular complexity index is 380. The Morgan fingerprint density at radius 2 is 2.26 bits per heavy atom. The number of piperidine rings is 1. The van der Waals surface area contributed by atoms with E-state index in [0.29, 0.717) is 5.88 Å². The number of likely N-dealkylation sites (tertiary alicyclic amines) is 1. The first-order chi connectivity index (χ1) is 9.20. The second-order valence-electron chi connectivity index (χ2n) is 5.72. The van der Waals surface area contributed by atoms with Crippen LogP contribution in [0, 0.1) is 5.92 Å². The minimum absolute atomic E-state index is 0.541. The summed E-state index contributed by atoms with van der Waals surface area (Å²) >= 11 is 7.52. The number of alkyl halides is 1. The molecule has 2 nitrogen and oxygen atoms in total. The van der Waals surface area contributed by atoms with Crippen LogP contribution in [0.15, 0.2) is 5.38 Å². The number of unbranched alkanes of at least 4 members (excludes halogenated alkanes) is 1. The second-order valence-corrected chi connectivity index (χ2v) is 6.93. The molecule has 0 bridgehead atoms. The molecule has 1 fully saturated rings. The Labute approximate surface area is 126 Å². The Hall–Kier alpha value is -0.120. The lowest BCUT2D eigenvalue weighted by Gasteiger charge is -2.37. The third kappa shape index (κ3) is 4.44. The van der Waals surface area contributed by atoms with Crippen molar-refractivity contribution in [3.63, 3.8) is 0 Å². The molecule has 1 aliphatic heterocycles. The van der Waals surface area contributed by atoms with Gasteiger partial charge in [-0.1, -0.05) is 6.92 Å². The van der Waals surface area contributed by atoms with Crippen molar-refractivity contribution in [1.29, 1.82) is 0 Å². The predicted octanol–water partition coefficient (Wildman–Crippen LogP) is 4.33. The minimum Gasteiger partial charge on any atom is -0.300 e. The molecule has 1 aliphatic rings. The van der Waals surface area contributed by atoms with Crippen LogP contribution in [-0.2, 0) is 12.3 Å². The molecule has 108 valence electrons. The van der Waals surface area contributed by atoms with E-state index >= 15 is 0 Å². The van der Waals surface area contributed by atoms with Gasteiger partial charge in [0.2, 0.25) is 0 Å². The molecule has 0 N–H and O–H groups in total. The summed E-state index contributed by atoms with van der Waals surface area (Å²) in [5.74, 6) is 1.40. The fourth-order valence-electron chi connectivity index (χ4n) is 2.85. The van der Waals surface area contributed by atoms with Gasteiger partial charge in [-0.15, -0.1) is 22.9 Å². The van der Waals surface area contributed by atoms with E-state index < -0.39 is 0 Å². The van der Waals surface area contributed by atoms with Crippen molar-refractivity contribution >= 4 is 22.9 Å². The molecule has 1 saturated heterocycles. The Balaban J connectivity index is 1.66. The summed E-state index contributed by atoms with van der Waals surface area (Å²) in [7, 11) is 0. The standard InChI is InChI=1S/C15H25ClN2S/c1-12-6-5-9-18(13(12)2)8-4-3-7-15-17-14(10-16)11-19-15/h11-13H,3-10H2,1-2H3. The quantitative estimate of drug-likeness (QED) is 0.574. The fraction of sp³-hybridized carbons (Fsp3) is 0.800. The summed E-state index contributed by atoms with van der Waals surface area (Å²) in [6, 6.07) is 0.761. The van der Waals surface area contributed by atoms with E-state index in [1.807, 2.05) is 0 Å². The number of nitrogens with zero attached hydrogens (tertiary/aromatic N) is 2. The van der Waals surface area contributed by atoms with Crippen molar-refractivity contribution in [3.8, 4) is 0 Å². The van der Waals surface area contributed by atoms with Crippen LogP contribution >= 0.6 is 22.9 Å². The number of rotatable bonds is 6. The van der Waals surface area contributed by atoms with E-state index in [9.17, 15) is 0 Å². The van der Waals surface area contributed by atoms with Gasteiger partial charge in [0, 0.05) is 11.4 Å². The van der Waals surface area contributed by atoms with E-state index in [1.54, 1.807) is 11.3 Å². The number of hydrogen-bond donors (Lipinski definition) is 0. The molecule has 0 aliphatic carbocycles. The van der Waals surface area contributed by atoms with Gasteiger partial charge in [-0.2, -0.15) is 0 Å². The van der Waals surface area contributed by atoms with Crippen molar-refractivity contribution in [2.24, 2.45) is 5.92 Å². The van der Waals surface area contributed by atoms with Crippen LogP contribution in [0.1, 0.15) is 50.2 Å². The first-order valence-corrected chi connectivity index (χ1v) is 8.85. The number of aryl methyl sites for hydroxylation is 1. The van der Waals surface area contributed by atoms with Crippen molar-refractivity contribution in [3.05, 3.63) is 16.1 Å².